The standard InChI is InChI=1S/C20H26N6/c1-20(2,3)18-14-26(24-23-18)13-15-7-6-10-25(12-15)19-11-21-16-8-4-5-9-17(16)22-19/h4-5,8-9,11,14-15H,6-7,10,12-13H2,1-3H3. The lowest BCUT2D eigenvalue weighted by molar-refractivity contribution is 0.347. The van der Waals surface area contributed by atoms with Crippen LogP contribution in [0.25, 0.3) is 11.0 Å². The van der Waals surface area contributed by atoms with Gasteiger partial charge in [0.15, 0.2) is 0 Å². The molecule has 6 nitrogen and oxygen atoms in total. The molecule has 3 heterocycles. The molecule has 136 valence electrons. The highest BCUT2D eigenvalue weighted by Gasteiger charge is 2.23. The van der Waals surface area contributed by atoms with Crippen LogP contribution in [-0.2, 0) is 12.0 Å². The number of nitrogens with zero attached hydrogens (tertiary/aromatic N) is 6. The monoisotopic (exact) mass is 350 g/mol. The van der Waals surface area contributed by atoms with Gasteiger partial charge in [-0.15, -0.1) is 5.10 Å². The highest BCUT2D eigenvalue weighted by atomic mass is 15.4. The predicted molar refractivity (Wildman–Crippen MR) is 103 cm³/mol. The molecule has 1 aliphatic rings. The maximum Gasteiger partial charge on any atom is 0.147 e. The number of benzene rings is 1. The van der Waals surface area contributed by atoms with Crippen LogP contribution in [0.4, 0.5) is 5.82 Å². The Morgan fingerprint density at radius 1 is 1.15 bits per heavy atom. The van der Waals surface area contributed by atoms with E-state index < -0.39 is 0 Å². The second-order valence-corrected chi connectivity index (χ2v) is 8.25. The molecule has 6 heteroatoms. The minimum absolute atomic E-state index is 0.0392. The molecule has 0 N–H and O–H groups in total. The second-order valence-electron chi connectivity index (χ2n) is 8.25. The number of piperidine rings is 1. The Bertz CT molecular complexity index is 894. The molecule has 1 aromatic carbocycles. The normalized spacial score (nSPS) is 18.4. The SMILES string of the molecule is CC(C)(C)c1cn(CC2CCCN(c3cnc4ccccc4n3)C2)nn1. The molecule has 0 amide bonds. The van der Waals surface area contributed by atoms with E-state index in [1.54, 1.807) is 0 Å². The van der Waals surface area contributed by atoms with Gasteiger partial charge in [0.05, 0.1) is 22.9 Å². The summed E-state index contributed by atoms with van der Waals surface area (Å²) in [4.78, 5) is 11.7. The summed E-state index contributed by atoms with van der Waals surface area (Å²) in [5.74, 6) is 1.52. The van der Waals surface area contributed by atoms with Crippen LogP contribution in [0.5, 0.6) is 0 Å². The third-order valence-electron chi connectivity index (χ3n) is 5.03. The quantitative estimate of drug-likeness (QED) is 0.724. The van der Waals surface area contributed by atoms with E-state index >= 15 is 0 Å². The summed E-state index contributed by atoms with van der Waals surface area (Å²) >= 11 is 0. The van der Waals surface area contributed by atoms with E-state index in [1.165, 1.54) is 12.8 Å². The van der Waals surface area contributed by atoms with Gasteiger partial charge in [0.25, 0.3) is 0 Å². The van der Waals surface area contributed by atoms with Crippen molar-refractivity contribution >= 4 is 16.9 Å². The summed E-state index contributed by atoms with van der Waals surface area (Å²) in [5.41, 5.74) is 2.99. The van der Waals surface area contributed by atoms with Crippen LogP contribution in [0.1, 0.15) is 39.3 Å². The molecule has 0 bridgehead atoms. The van der Waals surface area contributed by atoms with Gasteiger partial charge in [-0.05, 0) is 30.9 Å². The molecule has 1 atom stereocenters. The number of aromatic nitrogens is 5. The van der Waals surface area contributed by atoms with Crippen LogP contribution >= 0.6 is 0 Å². The number of hydrogen-bond donors (Lipinski definition) is 0. The van der Waals surface area contributed by atoms with E-state index in [0.29, 0.717) is 5.92 Å². The maximum atomic E-state index is 4.81. The van der Waals surface area contributed by atoms with Crippen LogP contribution in [0, 0.1) is 5.92 Å². The molecule has 3 aromatic rings. The molecule has 4 rings (SSSR count). The average molecular weight is 350 g/mol. The molecule has 0 aliphatic carbocycles. The Labute approximate surface area is 154 Å². The third-order valence-corrected chi connectivity index (χ3v) is 5.03. The van der Waals surface area contributed by atoms with Gasteiger partial charge in [0, 0.05) is 31.2 Å². The van der Waals surface area contributed by atoms with E-state index in [0.717, 1.165) is 42.2 Å². The Balaban J connectivity index is 1.47. The van der Waals surface area contributed by atoms with E-state index in [4.69, 9.17) is 4.98 Å². The summed E-state index contributed by atoms with van der Waals surface area (Å²) in [6, 6.07) is 8.04. The molecule has 1 unspecified atom stereocenters. The zero-order valence-electron chi connectivity index (χ0n) is 15.8. The summed E-state index contributed by atoms with van der Waals surface area (Å²) in [6.45, 7) is 9.43. The smallest absolute Gasteiger partial charge is 0.147 e. The van der Waals surface area contributed by atoms with Crippen molar-refractivity contribution in [2.45, 2.75) is 45.6 Å². The van der Waals surface area contributed by atoms with E-state index in [1.807, 2.05) is 35.1 Å². The number of rotatable bonds is 3. The molecule has 2 aromatic heterocycles. The van der Waals surface area contributed by atoms with Gasteiger partial charge in [-0.2, -0.15) is 0 Å². The Morgan fingerprint density at radius 3 is 2.73 bits per heavy atom. The Morgan fingerprint density at radius 2 is 1.96 bits per heavy atom. The minimum atomic E-state index is 0.0392. The van der Waals surface area contributed by atoms with Crippen molar-refractivity contribution < 1.29 is 0 Å². The maximum absolute atomic E-state index is 4.81. The van der Waals surface area contributed by atoms with Gasteiger partial charge in [-0.3, -0.25) is 9.67 Å². The first-order chi connectivity index (χ1) is 12.5. The van der Waals surface area contributed by atoms with Crippen LogP contribution in [0.3, 0.4) is 0 Å². The van der Waals surface area contributed by atoms with E-state index in [9.17, 15) is 0 Å². The molecule has 26 heavy (non-hydrogen) atoms. The molecule has 1 fully saturated rings. The molecular weight excluding hydrogens is 324 g/mol. The fourth-order valence-corrected chi connectivity index (χ4v) is 3.52. The van der Waals surface area contributed by atoms with Crippen LogP contribution in [0.15, 0.2) is 36.7 Å². The largest absolute Gasteiger partial charge is 0.355 e. The van der Waals surface area contributed by atoms with Gasteiger partial charge in [0.2, 0.25) is 0 Å². The van der Waals surface area contributed by atoms with Gasteiger partial charge in [-0.1, -0.05) is 38.1 Å². The summed E-state index contributed by atoms with van der Waals surface area (Å²) in [5, 5.41) is 8.68. The van der Waals surface area contributed by atoms with Gasteiger partial charge < -0.3 is 4.90 Å². The molecule has 0 saturated carbocycles. The lowest BCUT2D eigenvalue weighted by Gasteiger charge is -2.33. The first kappa shape index (κ1) is 16.9. The van der Waals surface area contributed by atoms with Crippen molar-refractivity contribution in [2.75, 3.05) is 18.0 Å². The second kappa shape index (κ2) is 6.67. The predicted octanol–water partition coefficient (Wildman–Crippen LogP) is 3.44. The molecule has 0 radical (unpaired) electrons. The lowest BCUT2D eigenvalue weighted by Crippen LogP contribution is -2.37. The number of para-hydroxylation sites is 2. The molecule has 0 spiro atoms. The van der Waals surface area contributed by atoms with Gasteiger partial charge >= 0.3 is 0 Å². The minimum Gasteiger partial charge on any atom is -0.355 e. The fraction of sp³-hybridized carbons (Fsp3) is 0.500. The topological polar surface area (TPSA) is 59.7 Å². The molecule has 1 saturated heterocycles. The van der Waals surface area contributed by atoms with E-state index in [-0.39, 0.29) is 5.41 Å². The Hall–Kier alpha value is -2.50. The Kier molecular flexibility index (Phi) is 4.34. The van der Waals surface area contributed by atoms with Crippen molar-refractivity contribution in [1.82, 2.24) is 25.0 Å². The van der Waals surface area contributed by atoms with Crippen LogP contribution < -0.4 is 4.90 Å². The number of hydrogen-bond acceptors (Lipinski definition) is 5. The highest BCUT2D eigenvalue weighted by Crippen LogP contribution is 2.24. The van der Waals surface area contributed by atoms with Crippen molar-refractivity contribution in [1.29, 1.82) is 0 Å². The van der Waals surface area contributed by atoms with Crippen molar-refractivity contribution in [3.63, 3.8) is 0 Å². The zero-order valence-corrected chi connectivity index (χ0v) is 15.8. The van der Waals surface area contributed by atoms with E-state index in [2.05, 4.69) is 47.2 Å². The zero-order chi connectivity index (χ0) is 18.1. The fourth-order valence-electron chi connectivity index (χ4n) is 3.52. The average Bonchev–Trinajstić information content (AvgIpc) is 3.10. The highest BCUT2D eigenvalue weighted by molar-refractivity contribution is 5.75. The van der Waals surface area contributed by atoms with Crippen LogP contribution in [0.2, 0.25) is 0 Å². The summed E-state index contributed by atoms with van der Waals surface area (Å²) in [7, 11) is 0. The first-order valence-electron chi connectivity index (χ1n) is 9.36. The van der Waals surface area contributed by atoms with Gasteiger partial charge in [-0.25, -0.2) is 4.98 Å². The van der Waals surface area contributed by atoms with Gasteiger partial charge in [0.1, 0.15) is 5.82 Å². The summed E-state index contributed by atoms with van der Waals surface area (Å²) < 4.78 is 2.00. The van der Waals surface area contributed by atoms with Crippen LogP contribution in [-0.4, -0.2) is 38.1 Å². The van der Waals surface area contributed by atoms with Crippen molar-refractivity contribution in [3.8, 4) is 0 Å². The lowest BCUT2D eigenvalue weighted by atomic mass is 9.93. The molecular formula is C20H26N6. The first-order valence-corrected chi connectivity index (χ1v) is 9.36. The van der Waals surface area contributed by atoms with Crippen molar-refractivity contribution in [2.24, 2.45) is 5.92 Å². The summed E-state index contributed by atoms with van der Waals surface area (Å²) in [6.07, 6.45) is 6.37. The number of fused-ring (bicyclic) bond motifs is 1. The van der Waals surface area contributed by atoms with Crippen molar-refractivity contribution in [3.05, 3.63) is 42.4 Å². The molecule has 1 aliphatic heterocycles. The third kappa shape index (κ3) is 3.54. The number of anilines is 1.